The van der Waals surface area contributed by atoms with Crippen molar-refractivity contribution in [3.63, 3.8) is 0 Å². The average molecular weight is 828 g/mol. The van der Waals surface area contributed by atoms with Gasteiger partial charge in [0.1, 0.15) is 17.0 Å². The van der Waals surface area contributed by atoms with E-state index in [1.165, 1.54) is 0 Å². The van der Waals surface area contributed by atoms with E-state index < -0.39 is 0 Å². The summed E-state index contributed by atoms with van der Waals surface area (Å²) in [7, 11) is 0. The number of furan rings is 1. The maximum Gasteiger partial charge on any atom is 0.163 e. The fraction of sp³-hybridized carbons (Fsp3) is 0. The van der Waals surface area contributed by atoms with Crippen LogP contribution in [0.2, 0.25) is 0 Å². The average Bonchev–Trinajstić information content (AvgIpc) is 3.82. The Morgan fingerprint density at radius 3 is 2.08 bits per heavy atom. The van der Waals surface area contributed by atoms with Crippen LogP contribution < -0.4 is 9.80 Å². The van der Waals surface area contributed by atoms with Gasteiger partial charge in [-0.3, -0.25) is 9.97 Å². The SMILES string of the molecule is Oc1ccccc1N1C=CN(c2[c-]cccc2)[CH-]1.[Ir].c1ccc(-c2ccc3c(c2)oc2c(-c4ccccn4)nc(-c4ccccn4)cc23)cc1. The number of aromatic hydroxyl groups is 1. The Hall–Kier alpha value is -6.08. The number of fused-ring (bicyclic) bond motifs is 3. The van der Waals surface area contributed by atoms with Crippen LogP contribution in [0.1, 0.15) is 0 Å². The molecule has 8 heteroatoms. The molecule has 0 fully saturated rings. The molecule has 0 saturated carbocycles. The largest absolute Gasteiger partial charge is 0.506 e. The monoisotopic (exact) mass is 828 g/mol. The number of benzene rings is 4. The third-order valence-corrected chi connectivity index (χ3v) is 8.17. The summed E-state index contributed by atoms with van der Waals surface area (Å²) in [6, 6.07) is 48.5. The second kappa shape index (κ2) is 14.6. The van der Waals surface area contributed by atoms with Crippen molar-refractivity contribution < 1.29 is 29.6 Å². The smallest absolute Gasteiger partial charge is 0.163 e. The van der Waals surface area contributed by atoms with Crippen molar-refractivity contribution in [2.45, 2.75) is 0 Å². The van der Waals surface area contributed by atoms with E-state index in [0.717, 1.165) is 67.2 Å². The van der Waals surface area contributed by atoms with Crippen molar-refractivity contribution in [3.05, 3.63) is 177 Å². The van der Waals surface area contributed by atoms with Gasteiger partial charge in [-0.15, -0.1) is 12.4 Å². The van der Waals surface area contributed by atoms with E-state index in [4.69, 9.17) is 9.40 Å². The quantitative estimate of drug-likeness (QED) is 0.173. The van der Waals surface area contributed by atoms with Crippen LogP contribution in [0.15, 0.2) is 169 Å². The first-order valence-corrected chi connectivity index (χ1v) is 15.8. The molecule has 1 aliphatic rings. The Bertz CT molecular complexity index is 2390. The van der Waals surface area contributed by atoms with Crippen LogP contribution in [0.3, 0.4) is 0 Å². The number of phenols is 1. The maximum absolute atomic E-state index is 9.81. The Balaban J connectivity index is 0.000000176. The van der Waals surface area contributed by atoms with Gasteiger partial charge in [0.05, 0.1) is 22.8 Å². The van der Waals surface area contributed by atoms with Crippen molar-refractivity contribution in [2.24, 2.45) is 0 Å². The Morgan fingerprint density at radius 2 is 1.34 bits per heavy atom. The first kappa shape index (κ1) is 32.5. The zero-order valence-electron chi connectivity index (χ0n) is 26.6. The standard InChI is InChI=1S/C27H17N3O.C15H12N2O.Ir/c1-2-8-18(9-3-1)19-12-13-20-21-17-24(22-10-4-6-14-28-22)30-26(23-11-5-7-15-29-23)27(21)31-25(20)16-19;18-15-9-5-4-8-14(15)17-11-10-16(12-17)13-6-2-1-3-7-13;/h1-17H;1-6,8-12,18H;/q;-2;. The van der Waals surface area contributed by atoms with E-state index in [0.29, 0.717) is 0 Å². The third-order valence-electron chi connectivity index (χ3n) is 8.17. The molecule has 0 unspecified atom stereocenters. The summed E-state index contributed by atoms with van der Waals surface area (Å²) in [6.45, 7) is 1.90. The molecular weight excluding hydrogens is 799 g/mol. The van der Waals surface area contributed by atoms with Gasteiger partial charge in [-0.25, -0.2) is 4.98 Å². The zero-order valence-corrected chi connectivity index (χ0v) is 29.0. The number of phenolic OH excluding ortho intramolecular Hbond substituents is 1. The van der Waals surface area contributed by atoms with Gasteiger partial charge in [0.2, 0.25) is 0 Å². The minimum absolute atomic E-state index is 0. The fourth-order valence-corrected chi connectivity index (χ4v) is 5.77. The predicted molar refractivity (Wildman–Crippen MR) is 195 cm³/mol. The van der Waals surface area contributed by atoms with Crippen molar-refractivity contribution in [1.29, 1.82) is 0 Å². The Labute approximate surface area is 303 Å². The van der Waals surface area contributed by atoms with Gasteiger partial charge >= 0.3 is 0 Å². The van der Waals surface area contributed by atoms with Crippen LogP contribution in [0.5, 0.6) is 5.75 Å². The molecule has 0 atom stereocenters. The number of aromatic nitrogens is 3. The number of anilines is 2. The molecule has 0 bridgehead atoms. The molecule has 245 valence electrons. The van der Waals surface area contributed by atoms with Gasteiger partial charge < -0.3 is 19.3 Å². The normalized spacial score (nSPS) is 12.1. The van der Waals surface area contributed by atoms with E-state index >= 15 is 0 Å². The molecule has 1 aliphatic heterocycles. The number of hydrogen-bond donors (Lipinski definition) is 1. The van der Waals surface area contributed by atoms with E-state index in [9.17, 15) is 5.11 Å². The summed E-state index contributed by atoms with van der Waals surface area (Å²) in [5.74, 6) is 0.261. The molecule has 7 nitrogen and oxygen atoms in total. The second-order valence-corrected chi connectivity index (χ2v) is 11.3. The summed E-state index contributed by atoms with van der Waals surface area (Å²) >= 11 is 0. The Kier molecular flexibility index (Phi) is 9.47. The molecule has 8 aromatic rings. The maximum atomic E-state index is 9.81. The van der Waals surface area contributed by atoms with Crippen molar-refractivity contribution in [3.8, 4) is 39.7 Å². The van der Waals surface area contributed by atoms with Crippen LogP contribution in [-0.2, 0) is 20.1 Å². The van der Waals surface area contributed by atoms with Crippen LogP contribution in [0.25, 0.3) is 55.8 Å². The molecule has 4 aromatic carbocycles. The molecule has 4 aromatic heterocycles. The van der Waals surface area contributed by atoms with Crippen molar-refractivity contribution in [1.82, 2.24) is 15.0 Å². The topological polar surface area (TPSA) is 78.5 Å². The number of nitrogens with zero attached hydrogens (tertiary/aromatic N) is 5. The van der Waals surface area contributed by atoms with E-state index in [-0.39, 0.29) is 25.9 Å². The molecule has 1 N–H and O–H groups in total. The number of pyridine rings is 3. The van der Waals surface area contributed by atoms with Gasteiger partial charge in [-0.2, -0.15) is 30.3 Å². The minimum atomic E-state index is 0. The van der Waals surface area contributed by atoms with Gasteiger partial charge in [0, 0.05) is 43.3 Å². The summed E-state index contributed by atoms with van der Waals surface area (Å²) in [5.41, 5.74) is 8.65. The first-order chi connectivity index (χ1) is 24.2. The third kappa shape index (κ3) is 6.63. The summed E-state index contributed by atoms with van der Waals surface area (Å²) < 4.78 is 6.37. The molecule has 0 aliphatic carbocycles. The molecular formula is C42H29IrN5O2-2. The van der Waals surface area contributed by atoms with Crippen LogP contribution in [0, 0.1) is 12.7 Å². The van der Waals surface area contributed by atoms with Crippen molar-refractivity contribution in [2.75, 3.05) is 9.80 Å². The summed E-state index contributed by atoms with van der Waals surface area (Å²) in [6.07, 6.45) is 7.38. The zero-order chi connectivity index (χ0) is 33.0. The van der Waals surface area contributed by atoms with Crippen LogP contribution in [-0.4, -0.2) is 20.1 Å². The first-order valence-electron chi connectivity index (χ1n) is 15.8. The molecule has 5 heterocycles. The molecule has 0 saturated heterocycles. The Morgan fingerprint density at radius 1 is 0.620 bits per heavy atom. The number of hydrogen-bond acceptors (Lipinski definition) is 7. The second-order valence-electron chi connectivity index (χ2n) is 11.3. The predicted octanol–water partition coefficient (Wildman–Crippen LogP) is 9.88. The minimum Gasteiger partial charge on any atom is -0.506 e. The van der Waals surface area contributed by atoms with Crippen LogP contribution >= 0.6 is 0 Å². The van der Waals surface area contributed by atoms with Gasteiger partial charge in [0.15, 0.2) is 5.58 Å². The fourth-order valence-electron chi connectivity index (χ4n) is 5.77. The molecule has 9 rings (SSSR count). The van der Waals surface area contributed by atoms with E-state index in [1.54, 1.807) is 24.5 Å². The van der Waals surface area contributed by atoms with Gasteiger partial charge in [0.25, 0.3) is 0 Å². The van der Waals surface area contributed by atoms with E-state index in [1.807, 2.05) is 120 Å². The van der Waals surface area contributed by atoms with Gasteiger partial charge in [-0.05, 0) is 78.1 Å². The molecule has 0 amide bonds. The molecule has 0 spiro atoms. The number of para-hydroxylation sites is 3. The van der Waals surface area contributed by atoms with Crippen LogP contribution in [0.4, 0.5) is 11.4 Å². The van der Waals surface area contributed by atoms with Gasteiger partial charge in [-0.1, -0.05) is 60.7 Å². The summed E-state index contributed by atoms with van der Waals surface area (Å²) in [4.78, 5) is 17.7. The molecule has 50 heavy (non-hydrogen) atoms. The molecule has 1 radical (unpaired) electrons. The van der Waals surface area contributed by atoms with Crippen molar-refractivity contribution >= 4 is 33.3 Å². The summed E-state index contributed by atoms with van der Waals surface area (Å²) in [5, 5.41) is 11.9. The van der Waals surface area contributed by atoms with E-state index in [2.05, 4.69) is 52.4 Å². The number of rotatable bonds is 5.